The molecule has 0 aliphatic heterocycles. The van der Waals surface area contributed by atoms with Crippen molar-refractivity contribution in [3.8, 4) is 5.75 Å². The number of hydrogen-bond acceptors (Lipinski definition) is 4. The van der Waals surface area contributed by atoms with Gasteiger partial charge in [-0.25, -0.2) is 0 Å². The van der Waals surface area contributed by atoms with Crippen molar-refractivity contribution in [2.24, 2.45) is 0 Å². The highest BCUT2D eigenvalue weighted by Crippen LogP contribution is 2.21. The van der Waals surface area contributed by atoms with Gasteiger partial charge < -0.3 is 15.5 Å². The lowest BCUT2D eigenvalue weighted by atomic mass is 10.1. The molecule has 0 heterocycles. The molecule has 112 valence electrons. The zero-order valence-electron chi connectivity index (χ0n) is 12.7. The van der Waals surface area contributed by atoms with Crippen LogP contribution in [0.5, 0.6) is 5.75 Å². The lowest BCUT2D eigenvalue weighted by molar-refractivity contribution is -0.106. The molecule has 0 atom stereocenters. The van der Waals surface area contributed by atoms with Gasteiger partial charge in [0.25, 0.3) is 5.91 Å². The van der Waals surface area contributed by atoms with Gasteiger partial charge in [-0.1, -0.05) is 0 Å². The molecular formula is C16H20N2O3. The quantitative estimate of drug-likeness (QED) is 0.365. The number of allylic oxidation sites excluding steroid dienone is 2. The number of amides is 1. The molecular weight excluding hydrogens is 268 g/mol. The van der Waals surface area contributed by atoms with Crippen molar-refractivity contribution >= 4 is 17.9 Å². The van der Waals surface area contributed by atoms with Crippen molar-refractivity contribution in [1.29, 1.82) is 5.41 Å². The van der Waals surface area contributed by atoms with Gasteiger partial charge in [0.1, 0.15) is 5.75 Å². The molecule has 0 spiro atoms. The predicted molar refractivity (Wildman–Crippen MR) is 82.0 cm³/mol. The van der Waals surface area contributed by atoms with Crippen LogP contribution in [0.15, 0.2) is 30.0 Å². The van der Waals surface area contributed by atoms with Gasteiger partial charge >= 0.3 is 0 Å². The first-order chi connectivity index (χ1) is 9.83. The summed E-state index contributed by atoms with van der Waals surface area (Å²) in [6.07, 6.45) is 1.89. The second-order valence-corrected chi connectivity index (χ2v) is 5.06. The minimum atomic E-state index is -0.152. The average molecular weight is 288 g/mol. The highest BCUT2D eigenvalue weighted by Gasteiger charge is 2.10. The molecule has 1 rings (SSSR count). The van der Waals surface area contributed by atoms with E-state index in [1.807, 2.05) is 13.8 Å². The largest absolute Gasteiger partial charge is 0.454 e. The number of benzene rings is 1. The molecule has 1 aromatic carbocycles. The SMILES string of the molecule is CC(=N)/C=C(\C=O)Oc1ccc(C(=O)NC(C)C)cc1C. The molecule has 0 aliphatic rings. The summed E-state index contributed by atoms with van der Waals surface area (Å²) in [5.74, 6) is 0.391. The van der Waals surface area contributed by atoms with Gasteiger partial charge in [-0.05, 0) is 51.5 Å². The van der Waals surface area contributed by atoms with Crippen molar-refractivity contribution in [2.45, 2.75) is 33.7 Å². The number of carbonyl (C=O) groups excluding carboxylic acids is 2. The van der Waals surface area contributed by atoms with E-state index in [4.69, 9.17) is 10.1 Å². The van der Waals surface area contributed by atoms with Crippen LogP contribution in [0.2, 0.25) is 0 Å². The number of aryl methyl sites for hydroxylation is 1. The molecule has 0 fully saturated rings. The molecule has 2 N–H and O–H groups in total. The minimum absolute atomic E-state index is 0.0602. The summed E-state index contributed by atoms with van der Waals surface area (Å²) >= 11 is 0. The zero-order chi connectivity index (χ0) is 16.0. The Bertz CT molecular complexity index is 589. The third kappa shape index (κ3) is 5.22. The molecule has 0 radical (unpaired) electrons. The van der Waals surface area contributed by atoms with E-state index >= 15 is 0 Å². The highest BCUT2D eigenvalue weighted by molar-refractivity contribution is 5.95. The van der Waals surface area contributed by atoms with Gasteiger partial charge in [0.15, 0.2) is 12.0 Å². The van der Waals surface area contributed by atoms with E-state index in [-0.39, 0.29) is 23.4 Å². The molecule has 1 aromatic rings. The van der Waals surface area contributed by atoms with Gasteiger partial charge in [-0.3, -0.25) is 9.59 Å². The lowest BCUT2D eigenvalue weighted by Crippen LogP contribution is -2.30. The number of hydrogen-bond donors (Lipinski definition) is 2. The Kier molecular flexibility index (Phi) is 5.84. The van der Waals surface area contributed by atoms with Gasteiger partial charge in [-0.15, -0.1) is 0 Å². The maximum Gasteiger partial charge on any atom is 0.251 e. The number of carbonyl (C=O) groups is 2. The van der Waals surface area contributed by atoms with Crippen molar-refractivity contribution in [2.75, 3.05) is 0 Å². The number of aldehydes is 1. The fourth-order valence-corrected chi connectivity index (χ4v) is 1.68. The molecule has 1 amide bonds. The smallest absolute Gasteiger partial charge is 0.251 e. The summed E-state index contributed by atoms with van der Waals surface area (Å²) in [5.41, 5.74) is 1.50. The monoisotopic (exact) mass is 288 g/mol. The summed E-state index contributed by atoms with van der Waals surface area (Å²) in [6, 6.07) is 5.04. The lowest BCUT2D eigenvalue weighted by Gasteiger charge is -2.11. The maximum atomic E-state index is 11.9. The average Bonchev–Trinajstić information content (AvgIpc) is 2.38. The van der Waals surface area contributed by atoms with Crippen LogP contribution in [-0.2, 0) is 4.79 Å². The van der Waals surface area contributed by atoms with E-state index < -0.39 is 0 Å². The van der Waals surface area contributed by atoms with Crippen molar-refractivity contribution < 1.29 is 14.3 Å². The molecule has 0 bridgehead atoms. The maximum absolute atomic E-state index is 11.9. The van der Waals surface area contributed by atoms with Gasteiger partial charge in [-0.2, -0.15) is 0 Å². The second kappa shape index (κ2) is 7.38. The van der Waals surface area contributed by atoms with Crippen LogP contribution in [0, 0.1) is 12.3 Å². The Morgan fingerprint density at radius 3 is 2.52 bits per heavy atom. The first-order valence-electron chi connectivity index (χ1n) is 6.65. The van der Waals surface area contributed by atoms with Crippen molar-refractivity contribution in [1.82, 2.24) is 5.32 Å². The molecule has 0 aromatic heterocycles. The third-order valence-electron chi connectivity index (χ3n) is 2.56. The summed E-state index contributed by atoms with van der Waals surface area (Å²) in [6.45, 7) is 7.13. The summed E-state index contributed by atoms with van der Waals surface area (Å²) < 4.78 is 5.44. The number of nitrogens with one attached hydrogen (secondary N) is 2. The van der Waals surface area contributed by atoms with Crippen LogP contribution < -0.4 is 10.1 Å². The van der Waals surface area contributed by atoms with Crippen LogP contribution in [0.25, 0.3) is 0 Å². The normalized spacial score (nSPS) is 11.2. The Morgan fingerprint density at radius 1 is 1.38 bits per heavy atom. The summed E-state index contributed by atoms with van der Waals surface area (Å²) in [7, 11) is 0. The second-order valence-electron chi connectivity index (χ2n) is 5.06. The van der Waals surface area contributed by atoms with Crippen LogP contribution in [-0.4, -0.2) is 23.9 Å². The molecule has 0 aliphatic carbocycles. The van der Waals surface area contributed by atoms with Gasteiger partial charge in [0.05, 0.1) is 0 Å². The minimum Gasteiger partial charge on any atom is -0.454 e. The molecule has 5 heteroatoms. The van der Waals surface area contributed by atoms with Crippen LogP contribution >= 0.6 is 0 Å². The first-order valence-corrected chi connectivity index (χ1v) is 6.65. The Morgan fingerprint density at radius 2 is 2.05 bits per heavy atom. The van der Waals surface area contributed by atoms with E-state index in [1.165, 1.54) is 6.08 Å². The van der Waals surface area contributed by atoms with E-state index in [9.17, 15) is 9.59 Å². The standard InChI is InChI=1S/C16H20N2O3/c1-10(2)18-16(20)13-5-6-15(11(3)7-13)21-14(9-19)8-12(4)17/h5-10,17H,1-4H3,(H,18,20)/b14-8+,17-12?. The van der Waals surface area contributed by atoms with E-state index in [1.54, 1.807) is 32.0 Å². The van der Waals surface area contributed by atoms with Crippen LogP contribution in [0.4, 0.5) is 0 Å². The molecule has 0 saturated heterocycles. The highest BCUT2D eigenvalue weighted by atomic mass is 16.5. The number of ether oxygens (including phenoxy) is 1. The van der Waals surface area contributed by atoms with Gasteiger partial charge in [0, 0.05) is 23.4 Å². The van der Waals surface area contributed by atoms with Crippen molar-refractivity contribution in [3.05, 3.63) is 41.2 Å². The van der Waals surface area contributed by atoms with E-state index in [2.05, 4.69) is 5.32 Å². The zero-order valence-corrected chi connectivity index (χ0v) is 12.7. The number of rotatable bonds is 6. The third-order valence-corrected chi connectivity index (χ3v) is 2.56. The predicted octanol–water partition coefficient (Wildman–Crippen LogP) is 2.63. The van der Waals surface area contributed by atoms with Crippen LogP contribution in [0.3, 0.4) is 0 Å². The molecule has 0 unspecified atom stereocenters. The Labute approximate surface area is 124 Å². The first kappa shape index (κ1) is 16.6. The Balaban J connectivity index is 2.95. The van der Waals surface area contributed by atoms with E-state index in [0.717, 1.165) is 5.56 Å². The fraction of sp³-hybridized carbons (Fsp3) is 0.312. The fourth-order valence-electron chi connectivity index (χ4n) is 1.68. The molecule has 5 nitrogen and oxygen atoms in total. The van der Waals surface area contributed by atoms with Gasteiger partial charge in [0.2, 0.25) is 0 Å². The molecule has 0 saturated carbocycles. The summed E-state index contributed by atoms with van der Waals surface area (Å²) in [4.78, 5) is 22.8. The van der Waals surface area contributed by atoms with Crippen molar-refractivity contribution in [3.63, 3.8) is 0 Å². The summed E-state index contributed by atoms with van der Waals surface area (Å²) in [5, 5.41) is 10.1. The van der Waals surface area contributed by atoms with E-state index in [0.29, 0.717) is 17.6 Å². The topological polar surface area (TPSA) is 79.2 Å². The molecule has 21 heavy (non-hydrogen) atoms. The Hall–Kier alpha value is -2.43. The van der Waals surface area contributed by atoms with Crippen LogP contribution in [0.1, 0.15) is 36.7 Å².